The molecule has 0 aliphatic heterocycles. The molecule has 15 heavy (non-hydrogen) atoms. The molecule has 0 aliphatic rings. The molecular formula is C10H17N3OS. The van der Waals surface area contributed by atoms with Gasteiger partial charge in [0.1, 0.15) is 18.0 Å². The smallest absolute Gasteiger partial charge is 0.217 e. The van der Waals surface area contributed by atoms with Crippen LogP contribution in [0.2, 0.25) is 0 Å². The van der Waals surface area contributed by atoms with E-state index in [-0.39, 0.29) is 5.54 Å². The predicted molar refractivity (Wildman–Crippen MR) is 62.2 cm³/mol. The van der Waals surface area contributed by atoms with Crippen molar-refractivity contribution in [2.75, 3.05) is 12.9 Å². The zero-order valence-electron chi connectivity index (χ0n) is 9.36. The van der Waals surface area contributed by atoms with E-state index in [1.807, 2.05) is 26.2 Å². The van der Waals surface area contributed by atoms with Crippen molar-refractivity contribution in [2.45, 2.75) is 30.8 Å². The Balaban J connectivity index is 2.57. The molecule has 1 unspecified atom stereocenters. The average molecular weight is 227 g/mol. The molecule has 5 heteroatoms. The first-order chi connectivity index (χ1) is 7.07. The highest BCUT2D eigenvalue weighted by atomic mass is 32.2. The summed E-state index contributed by atoms with van der Waals surface area (Å²) in [5.41, 5.74) is 5.66. The summed E-state index contributed by atoms with van der Waals surface area (Å²) >= 11 is 1.56. The summed E-state index contributed by atoms with van der Waals surface area (Å²) in [6, 6.07) is 1.82. The minimum absolute atomic E-state index is 0.301. The molecule has 1 aromatic heterocycles. The topological polar surface area (TPSA) is 61.0 Å². The van der Waals surface area contributed by atoms with E-state index in [1.54, 1.807) is 11.8 Å². The van der Waals surface area contributed by atoms with Crippen LogP contribution in [0, 0.1) is 0 Å². The normalized spacial score (nSPS) is 14.7. The Morgan fingerprint density at radius 2 is 2.27 bits per heavy atom. The monoisotopic (exact) mass is 227 g/mol. The highest BCUT2D eigenvalue weighted by molar-refractivity contribution is 7.98. The summed E-state index contributed by atoms with van der Waals surface area (Å²) in [7, 11) is 0. The molecule has 0 aliphatic carbocycles. The Kier molecular flexibility index (Phi) is 4.35. The Bertz CT molecular complexity index is 317. The highest BCUT2D eigenvalue weighted by Crippen LogP contribution is 2.16. The van der Waals surface area contributed by atoms with Crippen molar-refractivity contribution < 1.29 is 4.74 Å². The summed E-state index contributed by atoms with van der Waals surface area (Å²) < 4.78 is 5.51. The Morgan fingerprint density at radius 1 is 1.53 bits per heavy atom. The predicted octanol–water partition coefficient (Wildman–Crippen LogP) is 1.70. The van der Waals surface area contributed by atoms with Crippen LogP contribution in [0.3, 0.4) is 0 Å². The maximum atomic E-state index is 5.96. The van der Waals surface area contributed by atoms with Crippen molar-refractivity contribution in [2.24, 2.45) is 5.73 Å². The first-order valence-electron chi connectivity index (χ1n) is 4.85. The molecule has 1 atom stereocenters. The maximum Gasteiger partial charge on any atom is 0.217 e. The van der Waals surface area contributed by atoms with Crippen LogP contribution < -0.4 is 10.5 Å². The second kappa shape index (κ2) is 5.32. The van der Waals surface area contributed by atoms with Gasteiger partial charge in [-0.05, 0) is 19.6 Å². The SMILES string of the molecule is CCC(C)(N)COc1cc(SC)ncn1. The second-order valence-electron chi connectivity index (χ2n) is 3.69. The fourth-order valence-electron chi connectivity index (χ4n) is 0.854. The minimum Gasteiger partial charge on any atom is -0.476 e. The number of nitrogens with zero attached hydrogens (tertiary/aromatic N) is 2. The van der Waals surface area contributed by atoms with Crippen LogP contribution in [-0.4, -0.2) is 28.4 Å². The van der Waals surface area contributed by atoms with Crippen LogP contribution >= 0.6 is 11.8 Å². The zero-order valence-corrected chi connectivity index (χ0v) is 10.2. The van der Waals surface area contributed by atoms with E-state index in [2.05, 4.69) is 9.97 Å². The van der Waals surface area contributed by atoms with Crippen LogP contribution in [0.4, 0.5) is 0 Å². The van der Waals surface area contributed by atoms with E-state index in [0.29, 0.717) is 12.5 Å². The van der Waals surface area contributed by atoms with E-state index in [0.717, 1.165) is 11.4 Å². The number of rotatable bonds is 5. The van der Waals surface area contributed by atoms with Gasteiger partial charge in [-0.25, -0.2) is 9.97 Å². The summed E-state index contributed by atoms with van der Waals surface area (Å²) in [6.45, 7) is 4.47. The summed E-state index contributed by atoms with van der Waals surface area (Å²) in [4.78, 5) is 8.09. The van der Waals surface area contributed by atoms with Crippen LogP contribution in [-0.2, 0) is 0 Å². The number of nitrogens with two attached hydrogens (primary N) is 1. The molecule has 0 spiro atoms. The Labute approximate surface area is 94.6 Å². The average Bonchev–Trinajstić information content (AvgIpc) is 2.27. The van der Waals surface area contributed by atoms with Crippen LogP contribution in [0.1, 0.15) is 20.3 Å². The molecule has 4 nitrogen and oxygen atoms in total. The molecule has 2 N–H and O–H groups in total. The van der Waals surface area contributed by atoms with Gasteiger partial charge in [0, 0.05) is 11.6 Å². The lowest BCUT2D eigenvalue weighted by Gasteiger charge is -2.22. The molecule has 0 aromatic carbocycles. The largest absolute Gasteiger partial charge is 0.476 e. The second-order valence-corrected chi connectivity index (χ2v) is 4.52. The first kappa shape index (κ1) is 12.3. The Morgan fingerprint density at radius 3 is 2.87 bits per heavy atom. The molecule has 0 saturated heterocycles. The number of hydrogen-bond donors (Lipinski definition) is 1. The van der Waals surface area contributed by atoms with Crippen molar-refractivity contribution >= 4 is 11.8 Å². The fraction of sp³-hybridized carbons (Fsp3) is 0.600. The zero-order chi connectivity index (χ0) is 11.3. The third-order valence-electron chi connectivity index (χ3n) is 2.18. The number of hydrogen-bond acceptors (Lipinski definition) is 5. The molecule has 84 valence electrons. The van der Waals surface area contributed by atoms with E-state index < -0.39 is 0 Å². The Hall–Kier alpha value is -0.810. The maximum absolute atomic E-state index is 5.96. The van der Waals surface area contributed by atoms with Gasteiger partial charge in [-0.2, -0.15) is 0 Å². The lowest BCUT2D eigenvalue weighted by molar-refractivity contribution is 0.218. The van der Waals surface area contributed by atoms with E-state index >= 15 is 0 Å². The molecule has 1 heterocycles. The number of thioether (sulfide) groups is 1. The van der Waals surface area contributed by atoms with E-state index in [9.17, 15) is 0 Å². The van der Waals surface area contributed by atoms with Crippen LogP contribution in [0.25, 0.3) is 0 Å². The van der Waals surface area contributed by atoms with Gasteiger partial charge in [-0.3, -0.25) is 0 Å². The summed E-state index contributed by atoms with van der Waals surface area (Å²) in [5.74, 6) is 0.583. The third-order valence-corrected chi connectivity index (χ3v) is 2.83. The number of aromatic nitrogens is 2. The van der Waals surface area contributed by atoms with Gasteiger partial charge >= 0.3 is 0 Å². The quantitative estimate of drug-likeness (QED) is 0.613. The van der Waals surface area contributed by atoms with Gasteiger partial charge in [0.15, 0.2) is 0 Å². The molecule has 1 aromatic rings. The van der Waals surface area contributed by atoms with Crippen LogP contribution in [0.5, 0.6) is 5.88 Å². The van der Waals surface area contributed by atoms with Crippen LogP contribution in [0.15, 0.2) is 17.4 Å². The van der Waals surface area contributed by atoms with Gasteiger partial charge < -0.3 is 10.5 Å². The molecule has 1 rings (SSSR count). The third kappa shape index (κ3) is 4.05. The van der Waals surface area contributed by atoms with E-state index in [1.165, 1.54) is 6.33 Å². The van der Waals surface area contributed by atoms with Gasteiger partial charge in [-0.15, -0.1) is 11.8 Å². The minimum atomic E-state index is -0.301. The van der Waals surface area contributed by atoms with Gasteiger partial charge in [0.2, 0.25) is 5.88 Å². The van der Waals surface area contributed by atoms with Gasteiger partial charge in [0.25, 0.3) is 0 Å². The molecule has 0 saturated carbocycles. The fourth-order valence-corrected chi connectivity index (χ4v) is 1.23. The van der Waals surface area contributed by atoms with E-state index in [4.69, 9.17) is 10.5 Å². The summed E-state index contributed by atoms with van der Waals surface area (Å²) in [5, 5.41) is 0.898. The summed E-state index contributed by atoms with van der Waals surface area (Å²) in [6.07, 6.45) is 4.33. The molecule has 0 bridgehead atoms. The van der Waals surface area contributed by atoms with Gasteiger partial charge in [0.05, 0.1) is 0 Å². The van der Waals surface area contributed by atoms with Crippen molar-refractivity contribution in [3.8, 4) is 5.88 Å². The first-order valence-corrected chi connectivity index (χ1v) is 6.07. The highest BCUT2D eigenvalue weighted by Gasteiger charge is 2.16. The van der Waals surface area contributed by atoms with Crippen molar-refractivity contribution in [1.82, 2.24) is 9.97 Å². The molecule has 0 fully saturated rings. The lowest BCUT2D eigenvalue weighted by Crippen LogP contribution is -2.41. The number of ether oxygens (including phenoxy) is 1. The molecule has 0 radical (unpaired) electrons. The van der Waals surface area contributed by atoms with Crippen molar-refractivity contribution in [1.29, 1.82) is 0 Å². The lowest BCUT2D eigenvalue weighted by atomic mass is 10.0. The van der Waals surface area contributed by atoms with Crippen molar-refractivity contribution in [3.05, 3.63) is 12.4 Å². The molecule has 0 amide bonds. The van der Waals surface area contributed by atoms with Gasteiger partial charge in [-0.1, -0.05) is 6.92 Å². The molecular weight excluding hydrogens is 210 g/mol. The standard InChI is InChI=1S/C10H17N3OS/c1-4-10(2,11)6-14-8-5-9(15-3)13-7-12-8/h5,7H,4,6,11H2,1-3H3. The van der Waals surface area contributed by atoms with Crippen molar-refractivity contribution in [3.63, 3.8) is 0 Å².